The first-order chi connectivity index (χ1) is 16.1. The largest absolute Gasteiger partial charge is 0.494 e. The Bertz CT molecular complexity index is 1230. The molecule has 170 valence electrons. The van der Waals surface area contributed by atoms with Gasteiger partial charge in [-0.3, -0.25) is 9.89 Å². The summed E-state index contributed by atoms with van der Waals surface area (Å²) in [5.41, 5.74) is 4.38. The van der Waals surface area contributed by atoms with E-state index in [2.05, 4.69) is 38.4 Å². The van der Waals surface area contributed by atoms with E-state index in [1.54, 1.807) is 0 Å². The molecule has 0 radical (unpaired) electrons. The summed E-state index contributed by atoms with van der Waals surface area (Å²) < 4.78 is 6.53. The topological polar surface area (TPSA) is 79.9 Å². The minimum Gasteiger partial charge on any atom is -0.494 e. The molecule has 6 nitrogen and oxygen atoms in total. The van der Waals surface area contributed by atoms with Crippen molar-refractivity contribution >= 4 is 32.9 Å². The number of H-pyrrole nitrogens is 1. The third kappa shape index (κ3) is 5.25. The Morgan fingerprint density at radius 3 is 2.45 bits per heavy atom. The molecule has 0 saturated carbocycles. The molecule has 0 spiro atoms. The number of nitrogens with one attached hydrogen (secondary N) is 2. The van der Waals surface area contributed by atoms with Crippen molar-refractivity contribution in [1.82, 2.24) is 20.5 Å². The normalized spacial score (nSPS) is 11.0. The number of nitrogens with zero attached hydrogens (tertiary/aromatic N) is 2. The van der Waals surface area contributed by atoms with Crippen LogP contribution >= 0.6 is 15.9 Å². The smallest absolute Gasteiger partial charge is 0.252 e. The van der Waals surface area contributed by atoms with Crippen molar-refractivity contribution in [2.45, 2.75) is 33.1 Å². The molecule has 0 aliphatic rings. The number of hydrogen-bond donors (Lipinski definition) is 2. The van der Waals surface area contributed by atoms with Gasteiger partial charge in [-0.15, -0.1) is 0 Å². The van der Waals surface area contributed by atoms with Crippen LogP contribution in [0.25, 0.3) is 33.5 Å². The molecule has 0 unspecified atom stereocenters. The second kappa shape index (κ2) is 10.6. The molecular weight excluding hydrogens is 480 g/mol. The second-order valence-electron chi connectivity index (χ2n) is 7.78. The van der Waals surface area contributed by atoms with Crippen LogP contribution in [0.3, 0.4) is 0 Å². The number of benzene rings is 2. The second-order valence-corrected chi connectivity index (χ2v) is 8.70. The van der Waals surface area contributed by atoms with Crippen LogP contribution in [0.4, 0.5) is 0 Å². The molecule has 2 heterocycles. The third-order valence-corrected chi connectivity index (χ3v) is 5.96. The summed E-state index contributed by atoms with van der Waals surface area (Å²) in [6, 6.07) is 17.5. The number of aromatic amines is 1. The number of aromatic nitrogens is 3. The lowest BCUT2D eigenvalue weighted by Crippen LogP contribution is -2.24. The van der Waals surface area contributed by atoms with E-state index in [1.807, 2.05) is 61.5 Å². The molecule has 0 saturated heterocycles. The van der Waals surface area contributed by atoms with Gasteiger partial charge in [-0.25, -0.2) is 4.98 Å². The number of halogens is 1. The zero-order chi connectivity index (χ0) is 23.2. The molecule has 2 aromatic heterocycles. The summed E-state index contributed by atoms with van der Waals surface area (Å²) in [6.07, 6.45) is 3.14. The maximum Gasteiger partial charge on any atom is 0.252 e. The standard InChI is InChI=1S/C26H27BrN4O2/c1-3-5-6-15-28-26(32)21-16-22(17-9-13-20(14-10-17)33-4-2)29-25-23(21)24(30-31-25)18-7-11-19(27)12-8-18/h7-14,16H,3-6,15H2,1-2H3,(H,28,32)(H,29,30,31). The van der Waals surface area contributed by atoms with E-state index in [-0.39, 0.29) is 5.91 Å². The summed E-state index contributed by atoms with van der Waals surface area (Å²) in [5.74, 6) is 0.680. The van der Waals surface area contributed by atoms with Crippen LogP contribution in [-0.2, 0) is 0 Å². The Labute approximate surface area is 201 Å². The molecule has 4 rings (SSSR count). The Morgan fingerprint density at radius 2 is 1.76 bits per heavy atom. The van der Waals surface area contributed by atoms with E-state index in [4.69, 9.17) is 9.72 Å². The van der Waals surface area contributed by atoms with Crippen molar-refractivity contribution in [3.05, 3.63) is 64.6 Å². The number of ether oxygens (including phenoxy) is 1. The van der Waals surface area contributed by atoms with Gasteiger partial charge in [0.1, 0.15) is 5.75 Å². The highest BCUT2D eigenvalue weighted by Gasteiger charge is 2.20. The maximum atomic E-state index is 13.3. The number of rotatable bonds is 9. The lowest BCUT2D eigenvalue weighted by molar-refractivity contribution is 0.0954. The number of carbonyl (C=O) groups excluding carboxylic acids is 1. The van der Waals surface area contributed by atoms with E-state index in [0.29, 0.717) is 30.1 Å². The molecular formula is C26H27BrN4O2. The summed E-state index contributed by atoms with van der Waals surface area (Å²) in [6.45, 7) is 5.35. The van der Waals surface area contributed by atoms with Gasteiger partial charge >= 0.3 is 0 Å². The summed E-state index contributed by atoms with van der Waals surface area (Å²) in [5, 5.41) is 11.3. The van der Waals surface area contributed by atoms with Crippen LogP contribution in [0.2, 0.25) is 0 Å². The van der Waals surface area contributed by atoms with Crippen molar-refractivity contribution in [2.75, 3.05) is 13.2 Å². The van der Waals surface area contributed by atoms with Crippen molar-refractivity contribution < 1.29 is 9.53 Å². The molecule has 1 amide bonds. The quantitative estimate of drug-likeness (QED) is 0.258. The molecule has 0 atom stereocenters. The maximum absolute atomic E-state index is 13.3. The van der Waals surface area contributed by atoms with Gasteiger partial charge in [0, 0.05) is 22.1 Å². The fraction of sp³-hybridized carbons (Fsp3) is 0.269. The van der Waals surface area contributed by atoms with Crippen molar-refractivity contribution in [3.63, 3.8) is 0 Å². The number of unbranched alkanes of at least 4 members (excludes halogenated alkanes) is 2. The predicted molar refractivity (Wildman–Crippen MR) is 135 cm³/mol. The van der Waals surface area contributed by atoms with Gasteiger partial charge in [0.25, 0.3) is 5.91 Å². The van der Waals surface area contributed by atoms with Crippen molar-refractivity contribution in [3.8, 4) is 28.3 Å². The average Bonchev–Trinajstić information content (AvgIpc) is 3.26. The summed E-state index contributed by atoms with van der Waals surface area (Å²) >= 11 is 3.48. The van der Waals surface area contributed by atoms with Crippen LogP contribution in [0.15, 0.2) is 59.1 Å². The fourth-order valence-electron chi connectivity index (χ4n) is 3.74. The predicted octanol–water partition coefficient (Wildman–Crippen LogP) is 6.37. The summed E-state index contributed by atoms with van der Waals surface area (Å²) in [4.78, 5) is 18.0. The zero-order valence-electron chi connectivity index (χ0n) is 18.8. The highest BCUT2D eigenvalue weighted by Crippen LogP contribution is 2.32. The van der Waals surface area contributed by atoms with E-state index in [0.717, 1.165) is 51.7 Å². The van der Waals surface area contributed by atoms with Gasteiger partial charge in [-0.05, 0) is 55.8 Å². The molecule has 0 bridgehead atoms. The Kier molecular flexibility index (Phi) is 7.40. The van der Waals surface area contributed by atoms with Crippen molar-refractivity contribution in [2.24, 2.45) is 0 Å². The van der Waals surface area contributed by atoms with E-state index in [9.17, 15) is 4.79 Å². The first-order valence-electron chi connectivity index (χ1n) is 11.3. The van der Waals surface area contributed by atoms with Gasteiger partial charge < -0.3 is 10.1 Å². The van der Waals surface area contributed by atoms with Gasteiger partial charge in [-0.1, -0.05) is 47.8 Å². The van der Waals surface area contributed by atoms with Gasteiger partial charge in [0.05, 0.1) is 28.9 Å². The van der Waals surface area contributed by atoms with Gasteiger partial charge in [0.15, 0.2) is 5.65 Å². The number of carbonyl (C=O) groups is 1. The molecule has 2 aromatic carbocycles. The number of fused-ring (bicyclic) bond motifs is 1. The van der Waals surface area contributed by atoms with Crippen LogP contribution in [0.5, 0.6) is 5.75 Å². The molecule has 0 aliphatic carbocycles. The lowest BCUT2D eigenvalue weighted by atomic mass is 10.0. The number of amides is 1. The monoisotopic (exact) mass is 506 g/mol. The molecule has 2 N–H and O–H groups in total. The van der Waals surface area contributed by atoms with E-state index in [1.165, 1.54) is 0 Å². The Balaban J connectivity index is 1.78. The van der Waals surface area contributed by atoms with E-state index >= 15 is 0 Å². The Hall–Kier alpha value is -3.19. The fourth-order valence-corrected chi connectivity index (χ4v) is 4.00. The molecule has 0 aliphatic heterocycles. The SMILES string of the molecule is CCCCCNC(=O)c1cc(-c2ccc(OCC)cc2)nc2n[nH]c(-c3ccc(Br)cc3)c12. The highest BCUT2D eigenvalue weighted by molar-refractivity contribution is 9.10. The molecule has 33 heavy (non-hydrogen) atoms. The first kappa shape index (κ1) is 23.0. The first-order valence-corrected chi connectivity index (χ1v) is 12.1. The average molecular weight is 507 g/mol. The van der Waals surface area contributed by atoms with E-state index < -0.39 is 0 Å². The Morgan fingerprint density at radius 1 is 1.03 bits per heavy atom. The highest BCUT2D eigenvalue weighted by atomic mass is 79.9. The molecule has 7 heteroatoms. The van der Waals surface area contributed by atoms with Gasteiger partial charge in [-0.2, -0.15) is 5.10 Å². The molecule has 0 fully saturated rings. The minimum absolute atomic E-state index is 0.120. The van der Waals surface area contributed by atoms with Crippen LogP contribution in [0, 0.1) is 0 Å². The lowest BCUT2D eigenvalue weighted by Gasteiger charge is -2.10. The van der Waals surface area contributed by atoms with Crippen LogP contribution < -0.4 is 10.1 Å². The third-order valence-electron chi connectivity index (χ3n) is 5.43. The molecule has 4 aromatic rings. The zero-order valence-corrected chi connectivity index (χ0v) is 20.4. The van der Waals surface area contributed by atoms with Crippen LogP contribution in [0.1, 0.15) is 43.5 Å². The number of hydrogen-bond acceptors (Lipinski definition) is 4. The van der Waals surface area contributed by atoms with Gasteiger partial charge in [0.2, 0.25) is 0 Å². The minimum atomic E-state index is -0.120. The van der Waals surface area contributed by atoms with Crippen LogP contribution in [-0.4, -0.2) is 34.2 Å². The number of pyridine rings is 1. The van der Waals surface area contributed by atoms with Crippen molar-refractivity contribution in [1.29, 1.82) is 0 Å². The summed E-state index contributed by atoms with van der Waals surface area (Å²) in [7, 11) is 0.